The van der Waals surface area contributed by atoms with Crippen LogP contribution in [0.15, 0.2) is 24.3 Å². The Hall–Kier alpha value is -1.06. The Balaban J connectivity index is 2.18. The molecule has 1 aromatic rings. The molecule has 2 N–H and O–H groups in total. The van der Waals surface area contributed by atoms with Gasteiger partial charge in [0.25, 0.3) is 0 Å². The van der Waals surface area contributed by atoms with Gasteiger partial charge in [0.2, 0.25) is 0 Å². The zero-order valence-corrected chi connectivity index (χ0v) is 11.5. The fraction of sp³-hybridized carbons (Fsp3) is 0.600. The second-order valence-electron chi connectivity index (χ2n) is 5.22. The molecule has 1 aliphatic rings. The van der Waals surface area contributed by atoms with Gasteiger partial charge in [-0.25, -0.2) is 0 Å². The standard InChI is InChI=1S/C15H24N2O/c1-3-15(16,12-17-9-4-5-10-17)13-7-6-8-14(11-13)18-2/h6-8,11H,3-5,9-10,12,16H2,1-2H3. The van der Waals surface area contributed by atoms with Crippen molar-refractivity contribution in [3.05, 3.63) is 29.8 Å². The van der Waals surface area contributed by atoms with Crippen molar-refractivity contribution in [1.29, 1.82) is 0 Å². The van der Waals surface area contributed by atoms with Crippen LogP contribution in [0.1, 0.15) is 31.7 Å². The molecule has 3 nitrogen and oxygen atoms in total. The van der Waals surface area contributed by atoms with Crippen molar-refractivity contribution < 1.29 is 4.74 Å². The summed E-state index contributed by atoms with van der Waals surface area (Å²) in [5.41, 5.74) is 7.54. The van der Waals surface area contributed by atoms with Crippen LogP contribution in [-0.4, -0.2) is 31.6 Å². The van der Waals surface area contributed by atoms with E-state index in [0.717, 1.165) is 18.7 Å². The Morgan fingerprint density at radius 3 is 2.67 bits per heavy atom. The predicted molar refractivity (Wildman–Crippen MR) is 74.8 cm³/mol. The fourth-order valence-electron chi connectivity index (χ4n) is 2.68. The van der Waals surface area contributed by atoms with Crippen LogP contribution in [0.2, 0.25) is 0 Å². The van der Waals surface area contributed by atoms with Crippen molar-refractivity contribution in [2.24, 2.45) is 5.73 Å². The summed E-state index contributed by atoms with van der Waals surface area (Å²) >= 11 is 0. The molecule has 1 atom stereocenters. The number of hydrogen-bond acceptors (Lipinski definition) is 3. The second kappa shape index (κ2) is 5.72. The number of hydrogen-bond donors (Lipinski definition) is 1. The van der Waals surface area contributed by atoms with E-state index >= 15 is 0 Å². The molecule has 100 valence electrons. The van der Waals surface area contributed by atoms with Gasteiger partial charge in [0.15, 0.2) is 0 Å². The van der Waals surface area contributed by atoms with Gasteiger partial charge in [-0.2, -0.15) is 0 Å². The highest BCUT2D eigenvalue weighted by Gasteiger charge is 2.29. The van der Waals surface area contributed by atoms with Gasteiger partial charge in [-0.05, 0) is 50.0 Å². The van der Waals surface area contributed by atoms with Crippen molar-refractivity contribution in [3.63, 3.8) is 0 Å². The first-order chi connectivity index (χ1) is 8.68. The van der Waals surface area contributed by atoms with E-state index in [1.807, 2.05) is 12.1 Å². The third-order valence-corrected chi connectivity index (χ3v) is 3.98. The number of nitrogens with two attached hydrogens (primary N) is 1. The number of rotatable bonds is 5. The lowest BCUT2D eigenvalue weighted by molar-refractivity contribution is 0.241. The van der Waals surface area contributed by atoms with Crippen molar-refractivity contribution in [1.82, 2.24) is 4.90 Å². The minimum absolute atomic E-state index is 0.265. The molecular weight excluding hydrogens is 224 g/mol. The van der Waals surface area contributed by atoms with Crippen LogP contribution in [0.3, 0.4) is 0 Å². The predicted octanol–water partition coefficient (Wildman–Crippen LogP) is 2.36. The fourth-order valence-corrected chi connectivity index (χ4v) is 2.68. The molecule has 0 amide bonds. The summed E-state index contributed by atoms with van der Waals surface area (Å²) in [6.07, 6.45) is 3.55. The first-order valence-electron chi connectivity index (χ1n) is 6.84. The van der Waals surface area contributed by atoms with E-state index in [4.69, 9.17) is 10.5 Å². The minimum atomic E-state index is -0.265. The molecule has 0 saturated carbocycles. The Labute approximate surface area is 110 Å². The third kappa shape index (κ3) is 2.85. The van der Waals surface area contributed by atoms with Gasteiger partial charge in [-0.15, -0.1) is 0 Å². The number of methoxy groups -OCH3 is 1. The van der Waals surface area contributed by atoms with Crippen LogP contribution in [0.25, 0.3) is 0 Å². The molecule has 18 heavy (non-hydrogen) atoms. The van der Waals surface area contributed by atoms with E-state index in [0.29, 0.717) is 0 Å². The number of benzene rings is 1. The zero-order valence-electron chi connectivity index (χ0n) is 11.5. The smallest absolute Gasteiger partial charge is 0.119 e. The lowest BCUT2D eigenvalue weighted by Crippen LogP contribution is -2.46. The third-order valence-electron chi connectivity index (χ3n) is 3.98. The molecule has 1 aliphatic heterocycles. The van der Waals surface area contributed by atoms with Crippen LogP contribution in [-0.2, 0) is 5.54 Å². The molecule has 0 spiro atoms. The average Bonchev–Trinajstić information content (AvgIpc) is 2.91. The normalized spacial score (nSPS) is 19.7. The van der Waals surface area contributed by atoms with E-state index in [1.165, 1.54) is 31.5 Å². The van der Waals surface area contributed by atoms with Crippen LogP contribution < -0.4 is 10.5 Å². The highest BCUT2D eigenvalue weighted by molar-refractivity contribution is 5.33. The second-order valence-corrected chi connectivity index (χ2v) is 5.22. The largest absolute Gasteiger partial charge is 0.497 e. The van der Waals surface area contributed by atoms with Crippen molar-refractivity contribution in [2.45, 2.75) is 31.7 Å². The van der Waals surface area contributed by atoms with Gasteiger partial charge < -0.3 is 15.4 Å². The van der Waals surface area contributed by atoms with Gasteiger partial charge >= 0.3 is 0 Å². The summed E-state index contributed by atoms with van der Waals surface area (Å²) in [6.45, 7) is 5.47. The van der Waals surface area contributed by atoms with Crippen molar-refractivity contribution in [2.75, 3.05) is 26.7 Å². The van der Waals surface area contributed by atoms with Crippen molar-refractivity contribution in [3.8, 4) is 5.75 Å². The van der Waals surface area contributed by atoms with Crippen LogP contribution in [0.5, 0.6) is 5.75 Å². The first kappa shape index (κ1) is 13.4. The maximum absolute atomic E-state index is 6.62. The SMILES string of the molecule is CCC(N)(CN1CCCC1)c1cccc(OC)c1. The average molecular weight is 248 g/mol. The Morgan fingerprint density at radius 1 is 1.33 bits per heavy atom. The van der Waals surface area contributed by atoms with E-state index in [-0.39, 0.29) is 5.54 Å². The highest BCUT2D eigenvalue weighted by Crippen LogP contribution is 2.27. The molecule has 0 radical (unpaired) electrons. The van der Waals surface area contributed by atoms with Gasteiger partial charge in [-0.3, -0.25) is 0 Å². The number of ether oxygens (including phenoxy) is 1. The van der Waals surface area contributed by atoms with Crippen LogP contribution in [0, 0.1) is 0 Å². The summed E-state index contributed by atoms with van der Waals surface area (Å²) in [7, 11) is 1.70. The van der Waals surface area contributed by atoms with Gasteiger partial charge in [0, 0.05) is 6.54 Å². The van der Waals surface area contributed by atoms with Crippen LogP contribution in [0.4, 0.5) is 0 Å². The number of likely N-dealkylation sites (tertiary alicyclic amines) is 1. The molecule has 3 heteroatoms. The summed E-state index contributed by atoms with van der Waals surface area (Å²) in [4.78, 5) is 2.48. The topological polar surface area (TPSA) is 38.5 Å². The molecule has 0 aromatic heterocycles. The Morgan fingerprint density at radius 2 is 2.06 bits per heavy atom. The molecule has 1 fully saturated rings. The van der Waals surface area contributed by atoms with Gasteiger partial charge in [0.1, 0.15) is 5.75 Å². The Kier molecular flexibility index (Phi) is 4.25. The van der Waals surface area contributed by atoms with Gasteiger partial charge in [-0.1, -0.05) is 19.1 Å². The quantitative estimate of drug-likeness (QED) is 0.869. The van der Waals surface area contributed by atoms with Gasteiger partial charge in [0.05, 0.1) is 12.6 Å². The number of nitrogens with zero attached hydrogens (tertiary/aromatic N) is 1. The lowest BCUT2D eigenvalue weighted by atomic mass is 9.87. The van der Waals surface area contributed by atoms with E-state index in [9.17, 15) is 0 Å². The van der Waals surface area contributed by atoms with Crippen LogP contribution >= 0.6 is 0 Å². The highest BCUT2D eigenvalue weighted by atomic mass is 16.5. The van der Waals surface area contributed by atoms with Crippen molar-refractivity contribution >= 4 is 0 Å². The maximum Gasteiger partial charge on any atom is 0.119 e. The first-order valence-corrected chi connectivity index (χ1v) is 6.84. The minimum Gasteiger partial charge on any atom is -0.497 e. The molecule has 0 bridgehead atoms. The molecule has 1 saturated heterocycles. The summed E-state index contributed by atoms with van der Waals surface area (Å²) in [6, 6.07) is 8.17. The molecule has 1 unspecified atom stereocenters. The molecule has 2 rings (SSSR count). The van der Waals surface area contributed by atoms with E-state index in [1.54, 1.807) is 7.11 Å². The summed E-state index contributed by atoms with van der Waals surface area (Å²) in [5, 5.41) is 0. The lowest BCUT2D eigenvalue weighted by Gasteiger charge is -2.33. The molecular formula is C15H24N2O. The maximum atomic E-state index is 6.62. The monoisotopic (exact) mass is 248 g/mol. The molecule has 1 heterocycles. The summed E-state index contributed by atoms with van der Waals surface area (Å²) < 4.78 is 5.30. The molecule has 0 aliphatic carbocycles. The molecule has 1 aromatic carbocycles. The summed E-state index contributed by atoms with van der Waals surface area (Å²) in [5.74, 6) is 0.886. The van der Waals surface area contributed by atoms with E-state index in [2.05, 4.69) is 24.0 Å². The Bertz CT molecular complexity index is 388. The van der Waals surface area contributed by atoms with E-state index < -0.39 is 0 Å². The zero-order chi connectivity index (χ0) is 13.0.